The summed E-state index contributed by atoms with van der Waals surface area (Å²) in [5.41, 5.74) is 3.62. The number of ether oxygens (including phenoxy) is 1. The number of rotatable bonds is 4. The van der Waals surface area contributed by atoms with Crippen molar-refractivity contribution in [3.8, 4) is 16.9 Å². The fraction of sp³-hybridized carbons (Fsp3) is 0.500. The smallest absolute Gasteiger partial charge is 0.165 e. The second kappa shape index (κ2) is 7.77. The first-order chi connectivity index (χ1) is 15.3. The third-order valence-electron chi connectivity index (χ3n) is 7.78. The molecule has 2 atom stereocenters. The molecule has 2 aromatic carbocycles. The number of fused-ring (bicyclic) bond motifs is 4. The Balaban J connectivity index is 1.51. The van der Waals surface area contributed by atoms with Crippen LogP contribution < -0.4 is 9.84 Å². The van der Waals surface area contributed by atoms with Crippen LogP contribution in [0.4, 0.5) is 9.18 Å². The van der Waals surface area contributed by atoms with E-state index in [-0.39, 0.29) is 23.2 Å². The van der Waals surface area contributed by atoms with Gasteiger partial charge in [0.05, 0.1) is 13.2 Å². The van der Waals surface area contributed by atoms with Crippen molar-refractivity contribution in [3.63, 3.8) is 0 Å². The molecule has 32 heavy (non-hydrogen) atoms. The summed E-state index contributed by atoms with van der Waals surface area (Å²) in [7, 11) is 1.45. The molecular formula is C26H30FN2O3-. The summed E-state index contributed by atoms with van der Waals surface area (Å²) >= 11 is 0. The van der Waals surface area contributed by atoms with Crippen molar-refractivity contribution in [1.82, 2.24) is 9.80 Å². The van der Waals surface area contributed by atoms with Gasteiger partial charge in [-0.2, -0.15) is 0 Å². The van der Waals surface area contributed by atoms with E-state index in [4.69, 9.17) is 4.74 Å². The van der Waals surface area contributed by atoms with Gasteiger partial charge in [-0.25, -0.2) is 4.39 Å². The van der Waals surface area contributed by atoms with Crippen molar-refractivity contribution in [3.05, 3.63) is 53.3 Å². The third-order valence-corrected chi connectivity index (χ3v) is 7.78. The summed E-state index contributed by atoms with van der Waals surface area (Å²) in [5, 5.41) is 12.5. The number of methoxy groups -OCH3 is 1. The van der Waals surface area contributed by atoms with Crippen LogP contribution in [0.5, 0.6) is 5.75 Å². The molecule has 0 radical (unpaired) electrons. The maximum Gasteiger partial charge on any atom is 0.165 e. The fourth-order valence-corrected chi connectivity index (χ4v) is 6.27. The second-order valence-corrected chi connectivity index (χ2v) is 10.2. The maximum atomic E-state index is 14.3. The molecule has 5 nitrogen and oxygen atoms in total. The van der Waals surface area contributed by atoms with Crippen molar-refractivity contribution in [2.45, 2.75) is 45.2 Å². The predicted molar refractivity (Wildman–Crippen MR) is 119 cm³/mol. The largest absolute Gasteiger partial charge is 0.530 e. The maximum absolute atomic E-state index is 14.3. The molecule has 170 valence electrons. The first-order valence-electron chi connectivity index (χ1n) is 11.5. The first-order valence-corrected chi connectivity index (χ1v) is 11.5. The van der Waals surface area contributed by atoms with Gasteiger partial charge in [0, 0.05) is 12.6 Å². The lowest BCUT2D eigenvalue weighted by molar-refractivity contribution is -0.276. The molecule has 1 aliphatic carbocycles. The summed E-state index contributed by atoms with van der Waals surface area (Å²) < 4.78 is 19.3. The van der Waals surface area contributed by atoms with Crippen molar-refractivity contribution in [1.29, 1.82) is 0 Å². The minimum Gasteiger partial charge on any atom is -0.530 e. The third kappa shape index (κ3) is 3.45. The molecule has 6 rings (SSSR count). The van der Waals surface area contributed by atoms with Gasteiger partial charge in [-0.05, 0) is 78.1 Å². The molecule has 0 N–H and O–H groups in total. The number of hydrogen-bond acceptors (Lipinski definition) is 4. The van der Waals surface area contributed by atoms with Crippen LogP contribution in [-0.4, -0.2) is 48.7 Å². The molecule has 1 amide bonds. The molecule has 0 spiro atoms. The Labute approximate surface area is 188 Å². The van der Waals surface area contributed by atoms with E-state index >= 15 is 0 Å². The van der Waals surface area contributed by atoms with E-state index in [0.717, 1.165) is 61.2 Å². The number of carboxylic acid groups (broad SMARTS) is 1. The molecule has 2 aromatic rings. The minimum atomic E-state index is -1.07. The van der Waals surface area contributed by atoms with Crippen LogP contribution in [0.15, 0.2) is 36.4 Å². The quantitative estimate of drug-likeness (QED) is 0.729. The van der Waals surface area contributed by atoms with Crippen LogP contribution in [0.25, 0.3) is 11.1 Å². The molecule has 0 saturated carbocycles. The summed E-state index contributed by atoms with van der Waals surface area (Å²) in [6.45, 7) is 7.20. The summed E-state index contributed by atoms with van der Waals surface area (Å²) in [6, 6.07) is 10.8. The number of halogens is 1. The van der Waals surface area contributed by atoms with Crippen molar-refractivity contribution in [2.24, 2.45) is 11.3 Å². The number of carbonyl (C=O) groups is 1. The standard InChI is InChI=1S/C26H31FN2O3/c1-26(2)14-19-12-17(18-5-7-23(32-3)21(27)13-18)4-6-20(19)24(26)29(25(30)31)22-15-28-10-8-16(22)9-11-28/h4-7,12-13,16,22,24H,8-11,14-15H2,1-3H3,(H,30,31)/p-1/t22-,24+/m1/s1. The van der Waals surface area contributed by atoms with Gasteiger partial charge in [-0.15, -0.1) is 0 Å². The number of hydrogen-bond donors (Lipinski definition) is 0. The van der Waals surface area contributed by atoms with Gasteiger partial charge in [0.25, 0.3) is 0 Å². The zero-order valence-electron chi connectivity index (χ0n) is 18.9. The second-order valence-electron chi connectivity index (χ2n) is 10.2. The zero-order chi connectivity index (χ0) is 22.6. The highest BCUT2D eigenvalue weighted by Gasteiger charge is 2.48. The Morgan fingerprint density at radius 1 is 1.16 bits per heavy atom. The van der Waals surface area contributed by atoms with E-state index in [1.54, 1.807) is 11.0 Å². The Bertz CT molecular complexity index is 1050. The van der Waals surface area contributed by atoms with Gasteiger partial charge >= 0.3 is 0 Å². The lowest BCUT2D eigenvalue weighted by atomic mass is 9.79. The number of amides is 1. The van der Waals surface area contributed by atoms with Gasteiger partial charge in [0.1, 0.15) is 6.09 Å². The average molecular weight is 438 g/mol. The van der Waals surface area contributed by atoms with Crippen LogP contribution in [0.2, 0.25) is 0 Å². The summed E-state index contributed by atoms with van der Waals surface area (Å²) in [6.07, 6.45) is 1.80. The number of carbonyl (C=O) groups excluding carboxylic acids is 1. The average Bonchev–Trinajstić information content (AvgIpc) is 3.04. The van der Waals surface area contributed by atoms with E-state index in [1.165, 1.54) is 13.2 Å². The Kier molecular flexibility index (Phi) is 5.16. The molecule has 0 aromatic heterocycles. The normalized spacial score (nSPS) is 27.8. The summed E-state index contributed by atoms with van der Waals surface area (Å²) in [4.78, 5) is 16.5. The molecule has 3 saturated heterocycles. The molecule has 2 bridgehead atoms. The van der Waals surface area contributed by atoms with Crippen LogP contribution in [0.3, 0.4) is 0 Å². The molecular weight excluding hydrogens is 407 g/mol. The molecule has 3 aliphatic heterocycles. The minimum absolute atomic E-state index is 0.0203. The number of nitrogens with zero attached hydrogens (tertiary/aromatic N) is 2. The monoisotopic (exact) mass is 437 g/mol. The van der Waals surface area contributed by atoms with Crippen molar-refractivity contribution >= 4 is 6.09 Å². The van der Waals surface area contributed by atoms with E-state index in [0.29, 0.717) is 5.92 Å². The van der Waals surface area contributed by atoms with E-state index in [1.807, 2.05) is 18.2 Å². The Morgan fingerprint density at radius 2 is 1.84 bits per heavy atom. The highest BCUT2D eigenvalue weighted by atomic mass is 19.1. The van der Waals surface area contributed by atoms with E-state index in [2.05, 4.69) is 24.8 Å². The molecule has 3 fully saturated rings. The molecule has 0 unspecified atom stereocenters. The van der Waals surface area contributed by atoms with Crippen molar-refractivity contribution < 1.29 is 19.0 Å². The van der Waals surface area contributed by atoms with Gasteiger partial charge in [0.15, 0.2) is 11.6 Å². The topological polar surface area (TPSA) is 55.8 Å². The lowest BCUT2D eigenvalue weighted by Crippen LogP contribution is -2.62. The van der Waals surface area contributed by atoms with Gasteiger partial charge in [0.2, 0.25) is 0 Å². The van der Waals surface area contributed by atoms with Gasteiger partial charge < -0.3 is 24.4 Å². The first kappa shape index (κ1) is 21.3. The highest BCUT2D eigenvalue weighted by Crippen LogP contribution is 2.51. The zero-order valence-corrected chi connectivity index (χ0v) is 18.9. The lowest BCUT2D eigenvalue weighted by Gasteiger charge is -2.53. The van der Waals surface area contributed by atoms with Crippen LogP contribution in [0, 0.1) is 17.2 Å². The Morgan fingerprint density at radius 3 is 2.44 bits per heavy atom. The fourth-order valence-electron chi connectivity index (χ4n) is 6.27. The van der Waals surface area contributed by atoms with E-state index in [9.17, 15) is 14.3 Å². The Hall–Kier alpha value is -2.60. The molecule has 4 aliphatic rings. The van der Waals surface area contributed by atoms with E-state index < -0.39 is 11.9 Å². The predicted octanol–water partition coefficient (Wildman–Crippen LogP) is 3.86. The summed E-state index contributed by atoms with van der Waals surface area (Å²) in [5.74, 6) is 0.228. The molecule has 3 heterocycles. The highest BCUT2D eigenvalue weighted by molar-refractivity contribution is 5.69. The number of piperidine rings is 3. The van der Waals surface area contributed by atoms with Gasteiger partial charge in [-0.1, -0.05) is 38.1 Å². The van der Waals surface area contributed by atoms with Crippen LogP contribution in [-0.2, 0) is 6.42 Å². The van der Waals surface area contributed by atoms with Crippen LogP contribution >= 0.6 is 0 Å². The SMILES string of the molecule is COc1ccc(-c2ccc3c(c2)CC(C)(C)[C@H]3N(C(=O)[O-])[C@@H]2CN3CCC2CC3)cc1F. The molecule has 6 heteroatoms. The van der Waals surface area contributed by atoms with Crippen molar-refractivity contribution in [2.75, 3.05) is 26.7 Å². The van der Waals surface area contributed by atoms with Gasteiger partial charge in [-0.3, -0.25) is 0 Å². The van der Waals surface area contributed by atoms with Crippen LogP contribution in [0.1, 0.15) is 43.9 Å². The number of benzene rings is 2.